The Hall–Kier alpha value is -2.38. The Bertz CT molecular complexity index is 1090. The third-order valence-electron chi connectivity index (χ3n) is 10.4. The highest BCUT2D eigenvalue weighted by molar-refractivity contribution is 5.96. The number of benzene rings is 1. The maximum atomic E-state index is 13.9. The molecule has 0 spiro atoms. The summed E-state index contributed by atoms with van der Waals surface area (Å²) in [6.07, 6.45) is 6.62. The van der Waals surface area contributed by atoms with Crippen LogP contribution in [-0.2, 0) is 9.59 Å². The van der Waals surface area contributed by atoms with Gasteiger partial charge in [-0.1, -0.05) is 38.5 Å². The molecule has 1 aromatic carbocycles. The Morgan fingerprint density at radius 3 is 2.62 bits per heavy atom. The lowest BCUT2D eigenvalue weighted by molar-refractivity contribution is -0.152. The molecule has 200 valence electrons. The predicted molar refractivity (Wildman–Crippen MR) is 139 cm³/mol. The van der Waals surface area contributed by atoms with Gasteiger partial charge in [0.05, 0.1) is 18.6 Å². The predicted octanol–water partition coefficient (Wildman–Crippen LogP) is 3.01. The quantitative estimate of drug-likeness (QED) is 0.526. The van der Waals surface area contributed by atoms with E-state index in [1.54, 1.807) is 0 Å². The van der Waals surface area contributed by atoms with Gasteiger partial charge in [0.2, 0.25) is 11.8 Å². The van der Waals surface area contributed by atoms with E-state index in [4.69, 9.17) is 4.74 Å². The molecule has 7 nitrogen and oxygen atoms in total. The second kappa shape index (κ2) is 9.42. The van der Waals surface area contributed by atoms with Crippen LogP contribution in [0.1, 0.15) is 63.9 Å². The molecule has 2 bridgehead atoms. The Kier molecular flexibility index (Phi) is 6.35. The largest absolute Gasteiger partial charge is 0.486 e. The van der Waals surface area contributed by atoms with Crippen LogP contribution in [0.5, 0.6) is 5.75 Å². The van der Waals surface area contributed by atoms with Crippen LogP contribution in [0.2, 0.25) is 0 Å². The molecule has 37 heavy (non-hydrogen) atoms. The molecule has 6 aliphatic rings. The third kappa shape index (κ3) is 4.00. The van der Waals surface area contributed by atoms with E-state index in [1.165, 1.54) is 12.8 Å². The summed E-state index contributed by atoms with van der Waals surface area (Å²) in [7, 11) is 0. The number of rotatable bonds is 7. The van der Waals surface area contributed by atoms with Crippen molar-refractivity contribution in [1.82, 2.24) is 10.2 Å². The number of amides is 2. The fourth-order valence-electron chi connectivity index (χ4n) is 7.87. The molecule has 3 N–H and O–H groups in total. The van der Waals surface area contributed by atoms with Crippen LogP contribution in [0, 0.1) is 29.1 Å². The number of nitrogens with one attached hydrogen (secondary N) is 1. The van der Waals surface area contributed by atoms with Gasteiger partial charge in [-0.3, -0.25) is 9.59 Å². The summed E-state index contributed by atoms with van der Waals surface area (Å²) in [5, 5.41) is 23.9. The van der Waals surface area contributed by atoms with E-state index in [2.05, 4.69) is 19.2 Å². The van der Waals surface area contributed by atoms with E-state index < -0.39 is 24.2 Å². The number of carbonyl (C=O) groups is 2. The lowest BCUT2D eigenvalue weighted by Crippen LogP contribution is -2.60. The normalized spacial score (nSPS) is 35.1. The van der Waals surface area contributed by atoms with Gasteiger partial charge >= 0.3 is 0 Å². The van der Waals surface area contributed by atoms with E-state index in [9.17, 15) is 19.8 Å². The smallest absolute Gasteiger partial charge is 0.247 e. The topological polar surface area (TPSA) is 99.1 Å². The van der Waals surface area contributed by atoms with Gasteiger partial charge in [-0.05, 0) is 67.4 Å². The molecule has 2 amide bonds. The number of aliphatic hydroxyl groups is 2. The second-order valence-corrected chi connectivity index (χ2v) is 12.5. The minimum absolute atomic E-state index is 0.00239. The van der Waals surface area contributed by atoms with Gasteiger partial charge in [0.1, 0.15) is 18.0 Å². The molecule has 0 saturated heterocycles. The van der Waals surface area contributed by atoms with Crippen molar-refractivity contribution >= 4 is 11.8 Å². The fraction of sp³-hybridized carbons (Fsp3) is 0.667. The third-order valence-corrected chi connectivity index (χ3v) is 10.4. The summed E-state index contributed by atoms with van der Waals surface area (Å²) >= 11 is 0. The van der Waals surface area contributed by atoms with Crippen molar-refractivity contribution in [1.29, 1.82) is 0 Å². The molecule has 1 aliphatic heterocycles. The number of hydrogen-bond donors (Lipinski definition) is 3. The van der Waals surface area contributed by atoms with Crippen LogP contribution in [0.15, 0.2) is 35.9 Å². The first kappa shape index (κ1) is 24.9. The summed E-state index contributed by atoms with van der Waals surface area (Å²) in [6.45, 7) is 5.34. The molecule has 1 heterocycles. The highest BCUT2D eigenvalue weighted by Crippen LogP contribution is 2.61. The number of aliphatic hydroxyl groups excluding tert-OH is 2. The number of hydrogen-bond acceptors (Lipinski definition) is 5. The summed E-state index contributed by atoms with van der Waals surface area (Å²) in [5.41, 5.74) is 1.69. The maximum Gasteiger partial charge on any atom is 0.247 e. The van der Waals surface area contributed by atoms with Crippen molar-refractivity contribution < 1.29 is 24.5 Å². The number of nitrogens with zero attached hydrogens (tertiary/aromatic N) is 1. The van der Waals surface area contributed by atoms with Crippen molar-refractivity contribution in [2.45, 2.75) is 76.5 Å². The first-order valence-corrected chi connectivity index (χ1v) is 14.2. The van der Waals surface area contributed by atoms with Crippen molar-refractivity contribution in [3.63, 3.8) is 0 Å². The van der Waals surface area contributed by atoms with Crippen LogP contribution in [0.3, 0.4) is 0 Å². The zero-order chi connectivity index (χ0) is 25.9. The van der Waals surface area contributed by atoms with Gasteiger partial charge in [-0.25, -0.2) is 0 Å². The molecule has 0 aromatic heterocycles. The van der Waals surface area contributed by atoms with Crippen LogP contribution in [0.4, 0.5) is 0 Å². The van der Waals surface area contributed by atoms with Crippen molar-refractivity contribution in [3.8, 4) is 5.75 Å². The molecule has 0 radical (unpaired) electrons. The van der Waals surface area contributed by atoms with Crippen LogP contribution in [0.25, 0.3) is 0 Å². The fourth-order valence-corrected chi connectivity index (χ4v) is 7.87. The molecular weight excluding hydrogens is 468 g/mol. The van der Waals surface area contributed by atoms with Crippen molar-refractivity contribution in [2.24, 2.45) is 29.1 Å². The molecular formula is C30H40N2O5. The SMILES string of the molecule is CC1(C)C2CCC(CN(C(=O)C3CCC3)C3C=C(C(=O)NCCO)C4c5ccccc5OC4C3O)C1C2. The molecule has 4 saturated carbocycles. The number of ether oxygens (including phenoxy) is 1. The monoisotopic (exact) mass is 508 g/mol. The zero-order valence-corrected chi connectivity index (χ0v) is 21.9. The van der Waals surface area contributed by atoms with Gasteiger partial charge in [0.25, 0.3) is 0 Å². The minimum Gasteiger partial charge on any atom is -0.486 e. The zero-order valence-electron chi connectivity index (χ0n) is 21.9. The summed E-state index contributed by atoms with van der Waals surface area (Å²) in [4.78, 5) is 29.2. The van der Waals surface area contributed by atoms with E-state index in [-0.39, 0.29) is 30.9 Å². The van der Waals surface area contributed by atoms with E-state index in [0.29, 0.717) is 35.1 Å². The average molecular weight is 509 g/mol. The number of carbonyl (C=O) groups excluding carboxylic acids is 2. The highest BCUT2D eigenvalue weighted by atomic mass is 16.5. The average Bonchev–Trinajstić information content (AvgIpc) is 3.25. The van der Waals surface area contributed by atoms with Gasteiger partial charge in [-0.15, -0.1) is 0 Å². The lowest BCUT2D eigenvalue weighted by atomic mass is 9.45. The molecule has 1 aromatic rings. The summed E-state index contributed by atoms with van der Waals surface area (Å²) < 4.78 is 6.26. The van der Waals surface area contributed by atoms with Gasteiger partial charge in [-0.2, -0.15) is 0 Å². The van der Waals surface area contributed by atoms with Gasteiger partial charge < -0.3 is 25.2 Å². The highest BCUT2D eigenvalue weighted by Gasteiger charge is 2.56. The van der Waals surface area contributed by atoms with Crippen molar-refractivity contribution in [2.75, 3.05) is 19.7 Å². The Morgan fingerprint density at radius 1 is 1.16 bits per heavy atom. The van der Waals surface area contributed by atoms with Crippen molar-refractivity contribution in [3.05, 3.63) is 41.5 Å². The molecule has 7 atom stereocenters. The Balaban J connectivity index is 1.36. The van der Waals surface area contributed by atoms with Gasteiger partial charge in [0.15, 0.2) is 0 Å². The molecule has 7 heteroatoms. The Labute approximate surface area is 219 Å². The lowest BCUT2D eigenvalue weighted by Gasteiger charge is -2.61. The summed E-state index contributed by atoms with van der Waals surface area (Å²) in [5.74, 6) is 1.84. The summed E-state index contributed by atoms with van der Waals surface area (Å²) in [6, 6.07) is 6.98. The van der Waals surface area contributed by atoms with Crippen LogP contribution in [-0.4, -0.2) is 64.9 Å². The molecule has 4 fully saturated rings. The second-order valence-electron chi connectivity index (χ2n) is 12.5. The molecule has 7 unspecified atom stereocenters. The first-order chi connectivity index (χ1) is 17.8. The number of fused-ring (bicyclic) bond motifs is 5. The van der Waals surface area contributed by atoms with E-state index in [0.717, 1.165) is 37.2 Å². The number of para-hydroxylation sites is 1. The van der Waals surface area contributed by atoms with Crippen LogP contribution < -0.4 is 10.1 Å². The van der Waals surface area contributed by atoms with E-state index >= 15 is 0 Å². The van der Waals surface area contributed by atoms with E-state index in [1.807, 2.05) is 35.2 Å². The van der Waals surface area contributed by atoms with Gasteiger partial charge in [0, 0.05) is 30.1 Å². The maximum absolute atomic E-state index is 13.9. The standard InChI is InChI=1S/C30H40N2O5/c1-30(2)19-11-10-18(22(30)14-19)16-32(29(36)17-6-5-7-17)23-15-21(28(35)31-12-13-33)25-20-8-3-4-9-24(20)37-27(25)26(23)34/h3-4,8-9,15,17-19,22-23,25-27,33-34H,5-7,10-14,16H2,1-2H3,(H,31,35). The molecule has 7 rings (SSSR count). The Morgan fingerprint density at radius 2 is 1.95 bits per heavy atom. The van der Waals surface area contributed by atoms with Crippen LogP contribution >= 0.6 is 0 Å². The molecule has 5 aliphatic carbocycles. The minimum atomic E-state index is -0.943. The first-order valence-electron chi connectivity index (χ1n) is 14.2.